The minimum Gasteiger partial charge on any atom is -0.394 e. The average molecular weight is 291 g/mol. The van der Waals surface area contributed by atoms with E-state index in [0.29, 0.717) is 29.9 Å². The van der Waals surface area contributed by atoms with Crippen LogP contribution >= 0.6 is 23.2 Å². The standard InChI is InChI=1S/C12H16Cl2N2O2/c1-8-7-18-9(6-17)4-16(8)5-11-10(13)2-3-12(14)15-11/h2-3,8-9,17H,4-7H2,1H3. The zero-order valence-electron chi connectivity index (χ0n) is 10.1. The first-order valence-corrected chi connectivity index (χ1v) is 6.63. The van der Waals surface area contributed by atoms with Crippen molar-refractivity contribution in [1.29, 1.82) is 0 Å². The predicted octanol–water partition coefficient (Wildman–Crippen LogP) is 1.97. The highest BCUT2D eigenvalue weighted by Crippen LogP contribution is 2.21. The van der Waals surface area contributed by atoms with Crippen LogP contribution in [0.25, 0.3) is 0 Å². The predicted molar refractivity (Wildman–Crippen MR) is 71.0 cm³/mol. The molecule has 0 saturated carbocycles. The van der Waals surface area contributed by atoms with Gasteiger partial charge in [-0.2, -0.15) is 0 Å². The highest BCUT2D eigenvalue weighted by molar-refractivity contribution is 6.32. The number of aromatic nitrogens is 1. The minimum absolute atomic E-state index is 0.0277. The molecule has 0 radical (unpaired) electrons. The van der Waals surface area contributed by atoms with Gasteiger partial charge in [0.05, 0.1) is 30.0 Å². The first kappa shape index (κ1) is 14.0. The van der Waals surface area contributed by atoms with E-state index in [4.69, 9.17) is 33.0 Å². The van der Waals surface area contributed by atoms with Gasteiger partial charge in [0.1, 0.15) is 5.15 Å². The molecule has 2 atom stereocenters. The third-order valence-electron chi connectivity index (χ3n) is 3.08. The number of nitrogens with zero attached hydrogens (tertiary/aromatic N) is 2. The Labute approximate surface area is 116 Å². The Kier molecular flexibility index (Phi) is 4.81. The van der Waals surface area contributed by atoms with Crippen molar-refractivity contribution >= 4 is 23.2 Å². The third kappa shape index (κ3) is 3.33. The molecule has 1 saturated heterocycles. The second-order valence-electron chi connectivity index (χ2n) is 4.48. The molecule has 1 aromatic rings. The average Bonchev–Trinajstić information content (AvgIpc) is 2.36. The van der Waals surface area contributed by atoms with Crippen LogP contribution in [0.15, 0.2) is 12.1 Å². The zero-order valence-corrected chi connectivity index (χ0v) is 11.7. The smallest absolute Gasteiger partial charge is 0.129 e. The van der Waals surface area contributed by atoms with Crippen molar-refractivity contribution in [1.82, 2.24) is 9.88 Å². The van der Waals surface area contributed by atoms with Crippen LogP contribution < -0.4 is 0 Å². The van der Waals surface area contributed by atoms with E-state index in [1.54, 1.807) is 12.1 Å². The number of halogens is 2. The maximum absolute atomic E-state index is 9.15. The number of aliphatic hydroxyl groups is 1. The van der Waals surface area contributed by atoms with Crippen LogP contribution in [0.3, 0.4) is 0 Å². The van der Waals surface area contributed by atoms with Crippen LogP contribution in [0.2, 0.25) is 10.2 Å². The number of hydrogen-bond donors (Lipinski definition) is 1. The second-order valence-corrected chi connectivity index (χ2v) is 5.27. The SMILES string of the molecule is CC1COC(CO)CN1Cc1nc(Cl)ccc1Cl. The summed E-state index contributed by atoms with van der Waals surface area (Å²) in [6, 6.07) is 3.69. The molecule has 0 bridgehead atoms. The first-order valence-electron chi connectivity index (χ1n) is 5.87. The summed E-state index contributed by atoms with van der Waals surface area (Å²) in [4.78, 5) is 6.43. The number of ether oxygens (including phenoxy) is 1. The number of pyridine rings is 1. The molecule has 18 heavy (non-hydrogen) atoms. The third-order valence-corrected chi connectivity index (χ3v) is 3.63. The van der Waals surface area contributed by atoms with Gasteiger partial charge in [-0.05, 0) is 19.1 Å². The van der Waals surface area contributed by atoms with E-state index in [1.807, 2.05) is 0 Å². The molecule has 100 valence electrons. The topological polar surface area (TPSA) is 45.6 Å². The van der Waals surface area contributed by atoms with Gasteiger partial charge in [-0.25, -0.2) is 4.98 Å². The van der Waals surface area contributed by atoms with E-state index in [2.05, 4.69) is 16.8 Å². The molecule has 1 aliphatic rings. The fourth-order valence-electron chi connectivity index (χ4n) is 1.97. The van der Waals surface area contributed by atoms with Crippen molar-refractivity contribution < 1.29 is 9.84 Å². The summed E-state index contributed by atoms with van der Waals surface area (Å²) >= 11 is 12.0. The molecule has 2 unspecified atom stereocenters. The van der Waals surface area contributed by atoms with Crippen LogP contribution in [0.1, 0.15) is 12.6 Å². The number of aliphatic hydroxyl groups excluding tert-OH is 1. The Hall–Kier alpha value is -0.390. The molecule has 0 spiro atoms. The van der Waals surface area contributed by atoms with E-state index >= 15 is 0 Å². The summed E-state index contributed by atoms with van der Waals surface area (Å²) in [6.45, 7) is 3.98. The van der Waals surface area contributed by atoms with E-state index in [9.17, 15) is 0 Å². The molecule has 1 aromatic heterocycles. The lowest BCUT2D eigenvalue weighted by Gasteiger charge is -2.37. The zero-order chi connectivity index (χ0) is 13.1. The van der Waals surface area contributed by atoms with E-state index < -0.39 is 0 Å². The van der Waals surface area contributed by atoms with E-state index in [-0.39, 0.29) is 18.8 Å². The van der Waals surface area contributed by atoms with Crippen molar-refractivity contribution in [2.75, 3.05) is 19.8 Å². The van der Waals surface area contributed by atoms with Gasteiger partial charge in [0.15, 0.2) is 0 Å². The summed E-state index contributed by atoms with van der Waals surface area (Å²) < 4.78 is 5.49. The molecule has 0 aromatic carbocycles. The molecule has 6 heteroatoms. The Bertz CT molecular complexity index is 417. The summed E-state index contributed by atoms with van der Waals surface area (Å²) in [6.07, 6.45) is -0.140. The second kappa shape index (κ2) is 6.17. The van der Waals surface area contributed by atoms with Crippen LogP contribution in [-0.4, -0.2) is 46.9 Å². The molecule has 1 fully saturated rings. The highest BCUT2D eigenvalue weighted by Gasteiger charge is 2.26. The fourth-order valence-corrected chi connectivity index (χ4v) is 2.30. The summed E-state index contributed by atoms with van der Waals surface area (Å²) in [5.74, 6) is 0. The van der Waals surface area contributed by atoms with Crippen molar-refractivity contribution in [2.24, 2.45) is 0 Å². The Morgan fingerprint density at radius 1 is 1.50 bits per heavy atom. The highest BCUT2D eigenvalue weighted by atomic mass is 35.5. The number of hydrogen-bond acceptors (Lipinski definition) is 4. The normalized spacial score (nSPS) is 25.3. The molecular weight excluding hydrogens is 275 g/mol. The van der Waals surface area contributed by atoms with Gasteiger partial charge in [-0.1, -0.05) is 23.2 Å². The number of morpholine rings is 1. The van der Waals surface area contributed by atoms with Gasteiger partial charge in [-0.3, -0.25) is 4.90 Å². The Balaban J connectivity index is 2.09. The molecule has 2 heterocycles. The van der Waals surface area contributed by atoms with Crippen LogP contribution in [0, 0.1) is 0 Å². The van der Waals surface area contributed by atoms with Crippen LogP contribution in [0.5, 0.6) is 0 Å². The molecule has 1 aliphatic heterocycles. The van der Waals surface area contributed by atoms with E-state index in [0.717, 1.165) is 5.69 Å². The van der Waals surface area contributed by atoms with Crippen molar-refractivity contribution in [3.05, 3.63) is 28.0 Å². The fraction of sp³-hybridized carbons (Fsp3) is 0.583. The molecule has 0 aliphatic carbocycles. The molecule has 1 N–H and O–H groups in total. The van der Waals surface area contributed by atoms with Gasteiger partial charge in [0, 0.05) is 19.1 Å². The molecule has 4 nitrogen and oxygen atoms in total. The van der Waals surface area contributed by atoms with Crippen LogP contribution in [0.4, 0.5) is 0 Å². The summed E-state index contributed by atoms with van der Waals surface area (Å²) in [5, 5.41) is 10.2. The largest absolute Gasteiger partial charge is 0.394 e. The van der Waals surface area contributed by atoms with Gasteiger partial charge >= 0.3 is 0 Å². The molecule has 2 rings (SSSR count). The number of rotatable bonds is 3. The van der Waals surface area contributed by atoms with Crippen LogP contribution in [-0.2, 0) is 11.3 Å². The first-order chi connectivity index (χ1) is 8.60. The lowest BCUT2D eigenvalue weighted by atomic mass is 10.2. The van der Waals surface area contributed by atoms with E-state index in [1.165, 1.54) is 0 Å². The lowest BCUT2D eigenvalue weighted by Crippen LogP contribution is -2.49. The van der Waals surface area contributed by atoms with Gasteiger partial charge in [-0.15, -0.1) is 0 Å². The molecular formula is C12H16Cl2N2O2. The lowest BCUT2D eigenvalue weighted by molar-refractivity contribution is -0.0808. The van der Waals surface area contributed by atoms with Crippen molar-refractivity contribution in [3.63, 3.8) is 0 Å². The van der Waals surface area contributed by atoms with Crippen molar-refractivity contribution in [2.45, 2.75) is 25.6 Å². The van der Waals surface area contributed by atoms with Crippen molar-refractivity contribution in [3.8, 4) is 0 Å². The summed E-state index contributed by atoms with van der Waals surface area (Å²) in [7, 11) is 0. The van der Waals surface area contributed by atoms with Gasteiger partial charge < -0.3 is 9.84 Å². The maximum Gasteiger partial charge on any atom is 0.129 e. The molecule has 0 amide bonds. The monoisotopic (exact) mass is 290 g/mol. The quantitative estimate of drug-likeness (QED) is 0.865. The minimum atomic E-state index is -0.140. The summed E-state index contributed by atoms with van der Waals surface area (Å²) in [5.41, 5.74) is 0.759. The van der Waals surface area contributed by atoms with Gasteiger partial charge in [0.25, 0.3) is 0 Å². The maximum atomic E-state index is 9.15. The Morgan fingerprint density at radius 2 is 2.28 bits per heavy atom. The van der Waals surface area contributed by atoms with Gasteiger partial charge in [0.2, 0.25) is 0 Å². The Morgan fingerprint density at radius 3 is 3.00 bits per heavy atom.